The number of carboxylic acids is 1. The first-order chi connectivity index (χ1) is 12.4. The number of carbonyl (C=O) groups is 3. The molecule has 6 nitrogen and oxygen atoms in total. The van der Waals surface area contributed by atoms with Gasteiger partial charge in [-0.15, -0.1) is 11.8 Å². The Labute approximate surface area is 162 Å². The van der Waals surface area contributed by atoms with Gasteiger partial charge in [0.1, 0.15) is 16.7 Å². The lowest BCUT2D eigenvalue weighted by Crippen LogP contribution is -2.51. The van der Waals surface area contributed by atoms with E-state index < -0.39 is 29.6 Å². The predicted molar refractivity (Wildman–Crippen MR) is 99.2 cm³/mol. The molecule has 2 aliphatic heterocycles. The Morgan fingerprint density at radius 2 is 2.12 bits per heavy atom. The zero-order valence-electron chi connectivity index (χ0n) is 13.2. The Hall–Kier alpha value is -1.91. The summed E-state index contributed by atoms with van der Waals surface area (Å²) >= 11 is 7.42. The highest BCUT2D eigenvalue weighted by Crippen LogP contribution is 2.33. The molecule has 0 aliphatic carbocycles. The Bertz CT molecular complexity index is 829. The highest BCUT2D eigenvalue weighted by molar-refractivity contribution is 8.26. The van der Waals surface area contributed by atoms with Gasteiger partial charge in [-0.3, -0.25) is 14.5 Å². The summed E-state index contributed by atoms with van der Waals surface area (Å²) in [7, 11) is 0. The maximum atomic E-state index is 13.8. The van der Waals surface area contributed by atoms with Crippen molar-refractivity contribution in [2.45, 2.75) is 6.04 Å². The van der Waals surface area contributed by atoms with E-state index >= 15 is 0 Å². The van der Waals surface area contributed by atoms with Gasteiger partial charge in [-0.1, -0.05) is 42.2 Å². The van der Waals surface area contributed by atoms with Crippen LogP contribution in [0.2, 0.25) is 0 Å². The van der Waals surface area contributed by atoms with Crippen LogP contribution in [0.1, 0.15) is 5.56 Å². The normalized spacial score (nSPS) is 21.7. The maximum Gasteiger partial charge on any atom is 0.266 e. The van der Waals surface area contributed by atoms with Gasteiger partial charge in [0.05, 0.1) is 22.8 Å². The minimum Gasteiger partial charge on any atom is -0.548 e. The number of amides is 2. The summed E-state index contributed by atoms with van der Waals surface area (Å²) in [5.74, 6) is -2.36. The van der Waals surface area contributed by atoms with E-state index in [1.807, 2.05) is 0 Å². The molecule has 2 amide bonds. The quantitative estimate of drug-likeness (QED) is 0.532. The molecule has 136 valence electrons. The number of thiocarbonyl (C=S) groups is 1. The smallest absolute Gasteiger partial charge is 0.266 e. The molecule has 2 saturated heterocycles. The molecule has 1 atom stereocenters. The third kappa shape index (κ3) is 3.76. The minimum absolute atomic E-state index is 0.169. The fourth-order valence-electron chi connectivity index (χ4n) is 2.48. The number of thioether (sulfide) groups is 2. The van der Waals surface area contributed by atoms with Gasteiger partial charge in [0.25, 0.3) is 5.91 Å². The number of halogens is 1. The van der Waals surface area contributed by atoms with Crippen molar-refractivity contribution < 1.29 is 23.9 Å². The third-order valence-electron chi connectivity index (χ3n) is 3.83. The second-order valence-corrected chi connectivity index (χ2v) is 8.16. The van der Waals surface area contributed by atoms with Crippen LogP contribution in [-0.4, -0.2) is 56.1 Å². The van der Waals surface area contributed by atoms with E-state index in [1.165, 1.54) is 34.9 Å². The summed E-state index contributed by atoms with van der Waals surface area (Å²) in [6.07, 6.45) is 1.38. The van der Waals surface area contributed by atoms with Crippen molar-refractivity contribution in [3.8, 4) is 0 Å². The lowest BCUT2D eigenvalue weighted by atomic mass is 10.2. The molecule has 2 fully saturated rings. The monoisotopic (exact) mass is 411 g/mol. The number of hydrogen-bond donors (Lipinski definition) is 0. The number of rotatable bonds is 4. The van der Waals surface area contributed by atoms with Crippen molar-refractivity contribution in [2.75, 3.05) is 18.2 Å². The number of nitrogens with zero attached hydrogens (tertiary/aromatic N) is 2. The molecular weight excluding hydrogens is 399 g/mol. The van der Waals surface area contributed by atoms with Crippen molar-refractivity contribution in [2.24, 2.45) is 0 Å². The average Bonchev–Trinajstić information content (AvgIpc) is 3.18. The zero-order valence-corrected chi connectivity index (χ0v) is 15.7. The van der Waals surface area contributed by atoms with Gasteiger partial charge >= 0.3 is 0 Å². The summed E-state index contributed by atoms with van der Waals surface area (Å²) in [5.41, 5.74) is 0.243. The number of aliphatic carboxylic acids is 1. The number of carboxylic acid groups (broad SMARTS) is 1. The summed E-state index contributed by atoms with van der Waals surface area (Å²) in [6.45, 7) is -0.358. The molecule has 1 aromatic rings. The molecule has 2 heterocycles. The molecule has 0 unspecified atom stereocenters. The molecule has 0 spiro atoms. The second kappa shape index (κ2) is 7.77. The van der Waals surface area contributed by atoms with Crippen LogP contribution in [0.25, 0.3) is 6.08 Å². The van der Waals surface area contributed by atoms with Crippen LogP contribution in [0.5, 0.6) is 0 Å². The summed E-state index contributed by atoms with van der Waals surface area (Å²) in [5, 5.41) is 11.1. The largest absolute Gasteiger partial charge is 0.548 e. The van der Waals surface area contributed by atoms with Crippen molar-refractivity contribution in [3.05, 3.63) is 40.6 Å². The second-order valence-electron chi connectivity index (χ2n) is 5.49. The molecule has 0 bridgehead atoms. The topological polar surface area (TPSA) is 80.8 Å². The van der Waals surface area contributed by atoms with Crippen LogP contribution in [0, 0.1) is 5.82 Å². The van der Waals surface area contributed by atoms with Crippen LogP contribution in [0.15, 0.2) is 29.2 Å². The lowest BCUT2D eigenvalue weighted by Gasteiger charge is -2.26. The standard InChI is InChI=1S/C16H13FN2O4S3/c17-10-4-2-1-3-9(10)5-12-14(21)18(16(24)26-12)6-13(20)19-8-25-7-11(19)15(22)23/h1-5,11H,6-8H2,(H,22,23)/p-1/b12-5-/t11-/m0/s1. The number of hydrogen-bond acceptors (Lipinski definition) is 7. The van der Waals surface area contributed by atoms with Gasteiger partial charge in [0.15, 0.2) is 0 Å². The van der Waals surface area contributed by atoms with E-state index in [0.717, 1.165) is 16.7 Å². The van der Waals surface area contributed by atoms with E-state index in [4.69, 9.17) is 12.2 Å². The molecule has 26 heavy (non-hydrogen) atoms. The van der Waals surface area contributed by atoms with E-state index in [-0.39, 0.29) is 33.0 Å². The van der Waals surface area contributed by atoms with Crippen molar-refractivity contribution in [1.29, 1.82) is 0 Å². The predicted octanol–water partition coefficient (Wildman–Crippen LogP) is 0.678. The van der Waals surface area contributed by atoms with Gasteiger partial charge in [0, 0.05) is 11.3 Å². The summed E-state index contributed by atoms with van der Waals surface area (Å²) in [4.78, 5) is 38.5. The lowest BCUT2D eigenvalue weighted by molar-refractivity contribution is -0.310. The van der Waals surface area contributed by atoms with Gasteiger partial charge < -0.3 is 14.8 Å². The molecule has 2 aliphatic rings. The molecule has 0 radical (unpaired) electrons. The molecule has 0 N–H and O–H groups in total. The molecule has 0 saturated carbocycles. The van der Waals surface area contributed by atoms with E-state index in [9.17, 15) is 23.9 Å². The van der Waals surface area contributed by atoms with Crippen molar-refractivity contribution >= 4 is 63.9 Å². The molecule has 1 aromatic carbocycles. The van der Waals surface area contributed by atoms with Gasteiger partial charge in [-0.05, 0) is 12.1 Å². The summed E-state index contributed by atoms with van der Waals surface area (Å²) in [6, 6.07) is 4.97. The van der Waals surface area contributed by atoms with Crippen LogP contribution in [-0.2, 0) is 14.4 Å². The van der Waals surface area contributed by atoms with E-state index in [1.54, 1.807) is 12.1 Å². The maximum absolute atomic E-state index is 13.8. The van der Waals surface area contributed by atoms with E-state index in [2.05, 4.69) is 0 Å². The summed E-state index contributed by atoms with van der Waals surface area (Å²) < 4.78 is 13.9. The Balaban J connectivity index is 1.74. The van der Waals surface area contributed by atoms with Crippen LogP contribution in [0.3, 0.4) is 0 Å². The number of carbonyl (C=O) groups excluding carboxylic acids is 3. The van der Waals surface area contributed by atoms with Crippen LogP contribution >= 0.6 is 35.7 Å². The first-order valence-electron chi connectivity index (χ1n) is 7.46. The minimum atomic E-state index is -1.33. The Kier molecular flexibility index (Phi) is 5.64. The van der Waals surface area contributed by atoms with Crippen LogP contribution < -0.4 is 5.11 Å². The van der Waals surface area contributed by atoms with E-state index in [0.29, 0.717) is 0 Å². The van der Waals surface area contributed by atoms with Crippen LogP contribution in [0.4, 0.5) is 4.39 Å². The number of benzene rings is 1. The van der Waals surface area contributed by atoms with Crippen molar-refractivity contribution in [1.82, 2.24) is 9.80 Å². The molecule has 3 rings (SSSR count). The SMILES string of the molecule is O=C([O-])[C@@H]1CSCN1C(=O)CN1C(=O)/C(=C/c2ccccc2F)SC1=S. The van der Waals surface area contributed by atoms with Crippen molar-refractivity contribution in [3.63, 3.8) is 0 Å². The van der Waals surface area contributed by atoms with Gasteiger partial charge in [-0.25, -0.2) is 4.39 Å². The fourth-order valence-corrected chi connectivity index (χ4v) is 4.89. The molecule has 10 heteroatoms. The fraction of sp³-hybridized carbons (Fsp3) is 0.250. The first kappa shape index (κ1) is 18.9. The Morgan fingerprint density at radius 1 is 1.38 bits per heavy atom. The zero-order chi connectivity index (χ0) is 18.8. The first-order valence-corrected chi connectivity index (χ1v) is 9.84. The Morgan fingerprint density at radius 3 is 2.81 bits per heavy atom. The average molecular weight is 411 g/mol. The highest BCUT2D eigenvalue weighted by atomic mass is 32.2. The van der Waals surface area contributed by atoms with Gasteiger partial charge in [0.2, 0.25) is 5.91 Å². The van der Waals surface area contributed by atoms with Gasteiger partial charge in [-0.2, -0.15) is 0 Å². The molecule has 0 aromatic heterocycles. The highest BCUT2D eigenvalue weighted by Gasteiger charge is 2.37. The molecular formula is C16H12FN2O4S3-. The third-order valence-corrected chi connectivity index (χ3v) is 6.22.